The number of aliphatic carboxylic acids is 1. The predicted octanol–water partition coefficient (Wildman–Crippen LogP) is 2.11. The molecule has 0 aromatic carbocycles. The first kappa shape index (κ1) is 25.8. The van der Waals surface area contributed by atoms with Crippen LogP contribution >= 0.6 is 0 Å². The fourth-order valence-corrected chi connectivity index (χ4v) is 4.27. The van der Waals surface area contributed by atoms with E-state index in [-0.39, 0.29) is 11.5 Å². The number of nitrogens with zero attached hydrogens (tertiary/aromatic N) is 4. The molecule has 9 nitrogen and oxygen atoms in total. The number of aryl methyl sites for hydroxylation is 3. The van der Waals surface area contributed by atoms with Crippen LogP contribution in [0.2, 0.25) is 0 Å². The molecule has 12 heteroatoms. The highest BCUT2D eigenvalue weighted by molar-refractivity contribution is 5.92. The van der Waals surface area contributed by atoms with Gasteiger partial charge < -0.3 is 19.7 Å². The Morgan fingerprint density at radius 3 is 2.47 bits per heavy atom. The largest absolute Gasteiger partial charge is 0.490 e. The number of aromatic nitrogens is 3. The van der Waals surface area contributed by atoms with Gasteiger partial charge in [-0.15, -0.1) is 0 Å². The number of carbonyl (C=O) groups excluding carboxylic acids is 1. The van der Waals surface area contributed by atoms with Crippen molar-refractivity contribution < 1.29 is 32.6 Å². The lowest BCUT2D eigenvalue weighted by atomic mass is 9.83. The van der Waals surface area contributed by atoms with E-state index in [1.165, 1.54) is 5.69 Å². The van der Waals surface area contributed by atoms with Crippen molar-refractivity contribution in [3.05, 3.63) is 41.5 Å². The summed E-state index contributed by atoms with van der Waals surface area (Å²) < 4.78 is 41.8. The molecule has 2 aliphatic rings. The van der Waals surface area contributed by atoms with Crippen molar-refractivity contribution in [1.29, 1.82) is 0 Å². The van der Waals surface area contributed by atoms with Crippen LogP contribution in [0, 0.1) is 12.8 Å². The molecule has 0 radical (unpaired) electrons. The molecular formula is C22H30F3N5O4. The third kappa shape index (κ3) is 6.38. The van der Waals surface area contributed by atoms with Crippen molar-refractivity contribution in [2.45, 2.75) is 38.1 Å². The summed E-state index contributed by atoms with van der Waals surface area (Å²) >= 11 is 0. The average Bonchev–Trinajstić information content (AvgIpc) is 3.30. The molecule has 2 aromatic heterocycles. The lowest BCUT2D eigenvalue weighted by Gasteiger charge is -2.53. The van der Waals surface area contributed by atoms with Crippen molar-refractivity contribution in [3.63, 3.8) is 0 Å². The fraction of sp³-hybridized carbons (Fsp3) is 0.591. The van der Waals surface area contributed by atoms with Crippen molar-refractivity contribution in [3.8, 4) is 0 Å². The molecule has 2 aromatic rings. The van der Waals surface area contributed by atoms with Gasteiger partial charge in [-0.2, -0.15) is 18.3 Å². The van der Waals surface area contributed by atoms with E-state index < -0.39 is 12.1 Å². The van der Waals surface area contributed by atoms with Crippen LogP contribution in [0.5, 0.6) is 0 Å². The van der Waals surface area contributed by atoms with Crippen LogP contribution in [0.15, 0.2) is 24.4 Å². The summed E-state index contributed by atoms with van der Waals surface area (Å²) in [4.78, 5) is 23.5. The number of rotatable bonds is 5. The highest BCUT2D eigenvalue weighted by Crippen LogP contribution is 2.36. The van der Waals surface area contributed by atoms with Gasteiger partial charge in [0.2, 0.25) is 0 Å². The van der Waals surface area contributed by atoms with E-state index in [0.717, 1.165) is 44.8 Å². The minimum Gasteiger partial charge on any atom is -0.475 e. The lowest BCUT2D eigenvalue weighted by molar-refractivity contribution is -0.192. The topological polar surface area (TPSA) is 102 Å². The van der Waals surface area contributed by atoms with Gasteiger partial charge in [0.25, 0.3) is 5.91 Å². The van der Waals surface area contributed by atoms with Crippen LogP contribution in [0.4, 0.5) is 13.2 Å². The molecule has 1 unspecified atom stereocenters. The second kappa shape index (κ2) is 10.2. The molecule has 1 spiro atoms. The van der Waals surface area contributed by atoms with Gasteiger partial charge in [0.05, 0.1) is 23.6 Å². The standard InChI is InChI=1S/C20H29N5O2.C2HF3O2/c1-15-9-17(24(3)22-15)11-25-13-20(14-25)7-6-16(12-27-20)10-21-19(26)18-5-4-8-23(18)2;3-2(4,5)1(6)7/h4-5,8-9,16H,6-7,10-14H2,1-3H3,(H,21,26);(H,6,7). The van der Waals surface area contributed by atoms with E-state index in [9.17, 15) is 18.0 Å². The number of hydrogen-bond acceptors (Lipinski definition) is 5. The Morgan fingerprint density at radius 2 is 2.00 bits per heavy atom. The van der Waals surface area contributed by atoms with Crippen molar-refractivity contribution in [1.82, 2.24) is 24.6 Å². The smallest absolute Gasteiger partial charge is 0.475 e. The number of hydrogen-bond donors (Lipinski definition) is 2. The normalized spacial score (nSPS) is 19.8. The number of nitrogens with one attached hydrogen (secondary N) is 1. The summed E-state index contributed by atoms with van der Waals surface area (Å²) in [6.07, 6.45) is -1.03. The van der Waals surface area contributed by atoms with Gasteiger partial charge in [0, 0.05) is 46.5 Å². The zero-order valence-electron chi connectivity index (χ0n) is 19.4. The fourth-order valence-electron chi connectivity index (χ4n) is 4.27. The molecule has 0 aliphatic carbocycles. The van der Waals surface area contributed by atoms with Gasteiger partial charge >= 0.3 is 12.1 Å². The molecule has 188 valence electrons. The van der Waals surface area contributed by atoms with E-state index in [1.54, 1.807) is 0 Å². The first-order valence-electron chi connectivity index (χ1n) is 10.9. The van der Waals surface area contributed by atoms with Gasteiger partial charge in [0.15, 0.2) is 0 Å². The molecule has 4 heterocycles. The summed E-state index contributed by atoms with van der Waals surface area (Å²) in [6.45, 7) is 6.34. The first-order chi connectivity index (χ1) is 15.9. The van der Waals surface area contributed by atoms with E-state index in [4.69, 9.17) is 14.6 Å². The zero-order valence-corrected chi connectivity index (χ0v) is 19.4. The Bertz CT molecular complexity index is 1000. The van der Waals surface area contributed by atoms with Gasteiger partial charge in [-0.05, 0) is 43.9 Å². The molecule has 2 fully saturated rings. The Morgan fingerprint density at radius 1 is 1.32 bits per heavy atom. The number of carbonyl (C=O) groups is 2. The summed E-state index contributed by atoms with van der Waals surface area (Å²) in [5, 5.41) is 14.6. The number of carboxylic acids is 1. The molecule has 2 aliphatic heterocycles. The SMILES string of the molecule is Cc1cc(CN2CC3(CCC(CNC(=O)c4cccn4C)CO3)C2)n(C)n1.O=C(O)C(F)(F)F. The van der Waals surface area contributed by atoms with Crippen LogP contribution < -0.4 is 5.32 Å². The quantitative estimate of drug-likeness (QED) is 0.673. The molecule has 34 heavy (non-hydrogen) atoms. The Balaban J connectivity index is 0.000000406. The van der Waals surface area contributed by atoms with Gasteiger partial charge in [0.1, 0.15) is 5.69 Å². The highest BCUT2D eigenvalue weighted by Gasteiger charge is 2.46. The second-order valence-electron chi connectivity index (χ2n) is 8.96. The van der Waals surface area contributed by atoms with E-state index in [0.29, 0.717) is 18.2 Å². The van der Waals surface area contributed by atoms with Crippen LogP contribution in [-0.2, 0) is 30.2 Å². The van der Waals surface area contributed by atoms with E-state index in [1.807, 2.05) is 48.6 Å². The van der Waals surface area contributed by atoms with Crippen molar-refractivity contribution in [2.24, 2.45) is 20.0 Å². The lowest BCUT2D eigenvalue weighted by Crippen LogP contribution is -2.64. The third-order valence-electron chi connectivity index (χ3n) is 6.11. The predicted molar refractivity (Wildman–Crippen MR) is 116 cm³/mol. The Hall–Kier alpha value is -2.86. The summed E-state index contributed by atoms with van der Waals surface area (Å²) in [5.41, 5.74) is 3.03. The number of ether oxygens (including phenoxy) is 1. The average molecular weight is 486 g/mol. The molecule has 2 N–H and O–H groups in total. The molecule has 2 saturated heterocycles. The van der Waals surface area contributed by atoms with Crippen molar-refractivity contribution in [2.75, 3.05) is 26.2 Å². The maximum absolute atomic E-state index is 12.2. The van der Waals surface area contributed by atoms with Gasteiger partial charge in [-0.25, -0.2) is 4.79 Å². The molecule has 4 rings (SSSR count). The van der Waals surface area contributed by atoms with Gasteiger partial charge in [-0.3, -0.25) is 14.4 Å². The van der Waals surface area contributed by atoms with E-state index in [2.05, 4.69) is 21.4 Å². The number of alkyl halides is 3. The van der Waals surface area contributed by atoms with Crippen LogP contribution in [0.25, 0.3) is 0 Å². The number of halogens is 3. The first-order valence-corrected chi connectivity index (χ1v) is 10.9. The van der Waals surface area contributed by atoms with Crippen LogP contribution in [0.1, 0.15) is 34.7 Å². The maximum atomic E-state index is 12.2. The summed E-state index contributed by atoms with van der Waals surface area (Å²) in [6, 6.07) is 5.88. The Labute approximate surface area is 195 Å². The molecular weight excluding hydrogens is 455 g/mol. The minimum absolute atomic E-state index is 0.0101. The number of likely N-dealkylation sites (tertiary alicyclic amines) is 1. The maximum Gasteiger partial charge on any atom is 0.490 e. The monoisotopic (exact) mass is 485 g/mol. The minimum atomic E-state index is -5.08. The van der Waals surface area contributed by atoms with E-state index >= 15 is 0 Å². The van der Waals surface area contributed by atoms with Crippen LogP contribution in [0.3, 0.4) is 0 Å². The molecule has 1 atom stereocenters. The molecule has 0 bridgehead atoms. The zero-order chi connectivity index (χ0) is 25.1. The summed E-state index contributed by atoms with van der Waals surface area (Å²) in [7, 11) is 3.89. The summed E-state index contributed by atoms with van der Waals surface area (Å²) in [5.74, 6) is -2.37. The molecule has 0 saturated carbocycles. The van der Waals surface area contributed by atoms with Crippen molar-refractivity contribution >= 4 is 11.9 Å². The van der Waals surface area contributed by atoms with Crippen LogP contribution in [-0.4, -0.2) is 74.2 Å². The number of amides is 1. The third-order valence-corrected chi connectivity index (χ3v) is 6.11. The second-order valence-corrected chi connectivity index (χ2v) is 8.96. The highest BCUT2D eigenvalue weighted by atomic mass is 19.4. The molecule has 1 amide bonds. The number of carboxylic acid groups (broad SMARTS) is 1. The van der Waals surface area contributed by atoms with Gasteiger partial charge in [-0.1, -0.05) is 0 Å². The Kier molecular flexibility index (Phi) is 7.71.